The van der Waals surface area contributed by atoms with E-state index in [0.717, 1.165) is 6.26 Å². The Kier molecular flexibility index (Phi) is 2.97. The zero-order valence-corrected chi connectivity index (χ0v) is 6.90. The van der Waals surface area contributed by atoms with Crippen LogP contribution in [0.2, 0.25) is 0 Å². The van der Waals surface area contributed by atoms with Gasteiger partial charge in [-0.05, 0) is 0 Å². The highest BCUT2D eigenvalue weighted by atomic mass is 16.5. The molecule has 66 valence electrons. The van der Waals surface area contributed by atoms with Crippen molar-refractivity contribution in [3.8, 4) is 0 Å². The van der Waals surface area contributed by atoms with E-state index in [1.54, 1.807) is 30.3 Å². The molecule has 1 rings (SSSR count). The number of esters is 1. The monoisotopic (exact) mass is 176 g/mol. The average Bonchev–Trinajstić information content (AvgIpc) is 2.18. The van der Waals surface area contributed by atoms with E-state index < -0.39 is 11.8 Å². The Morgan fingerprint density at radius 3 is 2.38 bits per heavy atom. The van der Waals surface area contributed by atoms with E-state index in [1.807, 2.05) is 0 Å². The summed E-state index contributed by atoms with van der Waals surface area (Å²) in [5.74, 6) is -1.58. The van der Waals surface area contributed by atoms with Gasteiger partial charge in [0.05, 0.1) is 6.26 Å². The summed E-state index contributed by atoms with van der Waals surface area (Å²) in [5, 5.41) is 0. The second-order valence-electron chi connectivity index (χ2n) is 2.27. The van der Waals surface area contributed by atoms with Crippen LogP contribution >= 0.6 is 0 Å². The zero-order chi connectivity index (χ0) is 9.68. The van der Waals surface area contributed by atoms with Crippen LogP contribution < -0.4 is 0 Å². The molecule has 0 aliphatic rings. The Labute approximate surface area is 75.6 Å². The average molecular weight is 176 g/mol. The van der Waals surface area contributed by atoms with E-state index in [4.69, 9.17) is 0 Å². The van der Waals surface area contributed by atoms with E-state index in [0.29, 0.717) is 5.56 Å². The van der Waals surface area contributed by atoms with Gasteiger partial charge in [-0.2, -0.15) is 0 Å². The summed E-state index contributed by atoms with van der Waals surface area (Å²) >= 11 is 0. The van der Waals surface area contributed by atoms with Gasteiger partial charge in [0.25, 0.3) is 5.78 Å². The van der Waals surface area contributed by atoms with Gasteiger partial charge in [0.2, 0.25) is 0 Å². The molecule has 0 atom stereocenters. The molecular formula is C10H8O3. The molecule has 0 fully saturated rings. The van der Waals surface area contributed by atoms with Crippen molar-refractivity contribution >= 4 is 11.8 Å². The van der Waals surface area contributed by atoms with Gasteiger partial charge in [-0.25, -0.2) is 4.79 Å². The Balaban J connectivity index is 2.80. The van der Waals surface area contributed by atoms with E-state index in [2.05, 4.69) is 11.3 Å². The van der Waals surface area contributed by atoms with Crippen LogP contribution in [0.25, 0.3) is 0 Å². The van der Waals surface area contributed by atoms with E-state index in [9.17, 15) is 9.59 Å². The topological polar surface area (TPSA) is 43.4 Å². The van der Waals surface area contributed by atoms with Gasteiger partial charge < -0.3 is 4.74 Å². The fourth-order valence-corrected chi connectivity index (χ4v) is 0.837. The predicted molar refractivity (Wildman–Crippen MR) is 47.1 cm³/mol. The normalized spacial score (nSPS) is 8.92. The van der Waals surface area contributed by atoms with Gasteiger partial charge in [0.1, 0.15) is 0 Å². The fourth-order valence-electron chi connectivity index (χ4n) is 0.837. The third-order valence-corrected chi connectivity index (χ3v) is 1.41. The zero-order valence-electron chi connectivity index (χ0n) is 6.90. The molecule has 0 heterocycles. The van der Waals surface area contributed by atoms with Crippen molar-refractivity contribution in [1.82, 2.24) is 0 Å². The number of hydrogen-bond donors (Lipinski definition) is 0. The molecule has 0 aliphatic heterocycles. The van der Waals surface area contributed by atoms with Crippen LogP contribution in [0, 0.1) is 0 Å². The standard InChI is InChI=1S/C10H8O3/c1-2-13-10(12)9(11)8-6-4-3-5-7-8/h2-7H,1H2. The summed E-state index contributed by atoms with van der Waals surface area (Å²) < 4.78 is 4.33. The maximum Gasteiger partial charge on any atom is 0.384 e. The van der Waals surface area contributed by atoms with Gasteiger partial charge in [-0.15, -0.1) is 0 Å². The van der Waals surface area contributed by atoms with Crippen molar-refractivity contribution in [2.24, 2.45) is 0 Å². The first-order chi connectivity index (χ1) is 6.25. The Morgan fingerprint density at radius 2 is 1.85 bits per heavy atom. The summed E-state index contributed by atoms with van der Waals surface area (Å²) in [4.78, 5) is 22.1. The van der Waals surface area contributed by atoms with Crippen molar-refractivity contribution < 1.29 is 14.3 Å². The van der Waals surface area contributed by atoms with Gasteiger partial charge >= 0.3 is 5.97 Å². The molecule has 0 saturated carbocycles. The first-order valence-electron chi connectivity index (χ1n) is 3.67. The number of benzene rings is 1. The maximum absolute atomic E-state index is 11.2. The summed E-state index contributed by atoms with van der Waals surface area (Å²) in [7, 11) is 0. The molecule has 3 nitrogen and oxygen atoms in total. The number of ether oxygens (including phenoxy) is 1. The van der Waals surface area contributed by atoms with Crippen LogP contribution in [0.1, 0.15) is 10.4 Å². The van der Waals surface area contributed by atoms with E-state index in [-0.39, 0.29) is 0 Å². The van der Waals surface area contributed by atoms with Crippen molar-refractivity contribution in [3.63, 3.8) is 0 Å². The molecule has 1 aromatic rings. The highest BCUT2D eigenvalue weighted by Gasteiger charge is 2.15. The number of Topliss-reactive ketones (excluding diaryl/α,β-unsaturated/α-hetero) is 1. The molecule has 13 heavy (non-hydrogen) atoms. The number of ketones is 1. The predicted octanol–water partition coefficient (Wildman–Crippen LogP) is 1.56. The lowest BCUT2D eigenvalue weighted by Crippen LogP contribution is -2.14. The first-order valence-corrected chi connectivity index (χ1v) is 3.67. The Hall–Kier alpha value is -1.90. The Bertz CT molecular complexity index is 327. The lowest BCUT2D eigenvalue weighted by Gasteiger charge is -1.97. The van der Waals surface area contributed by atoms with Crippen LogP contribution in [-0.4, -0.2) is 11.8 Å². The summed E-state index contributed by atoms with van der Waals surface area (Å²) in [6.07, 6.45) is 0.934. The second kappa shape index (κ2) is 4.21. The van der Waals surface area contributed by atoms with Gasteiger partial charge in [-0.1, -0.05) is 36.9 Å². The smallest absolute Gasteiger partial charge is 0.384 e. The molecule has 0 N–H and O–H groups in total. The highest BCUT2D eigenvalue weighted by Crippen LogP contribution is 2.01. The number of rotatable bonds is 3. The first kappa shape index (κ1) is 9.19. The molecule has 3 heteroatoms. The molecule has 0 radical (unpaired) electrons. The molecule has 0 aromatic heterocycles. The van der Waals surface area contributed by atoms with Crippen LogP contribution in [0.4, 0.5) is 0 Å². The highest BCUT2D eigenvalue weighted by molar-refractivity contribution is 6.40. The van der Waals surface area contributed by atoms with Crippen molar-refractivity contribution in [2.75, 3.05) is 0 Å². The summed E-state index contributed by atoms with van der Waals surface area (Å²) in [5.41, 5.74) is 0.314. The lowest BCUT2D eigenvalue weighted by atomic mass is 10.1. The number of carbonyl (C=O) groups excluding carboxylic acids is 2. The number of hydrogen-bond acceptors (Lipinski definition) is 3. The van der Waals surface area contributed by atoms with Gasteiger partial charge in [0.15, 0.2) is 0 Å². The molecular weight excluding hydrogens is 168 g/mol. The van der Waals surface area contributed by atoms with Crippen molar-refractivity contribution in [3.05, 3.63) is 48.7 Å². The molecule has 0 saturated heterocycles. The quantitative estimate of drug-likeness (QED) is 0.304. The number of carbonyl (C=O) groups is 2. The minimum absolute atomic E-state index is 0.314. The van der Waals surface area contributed by atoms with Gasteiger partial charge in [0, 0.05) is 5.56 Å². The largest absolute Gasteiger partial charge is 0.429 e. The van der Waals surface area contributed by atoms with Crippen LogP contribution in [0.5, 0.6) is 0 Å². The molecule has 0 unspecified atom stereocenters. The lowest BCUT2D eigenvalue weighted by molar-refractivity contribution is -0.132. The van der Waals surface area contributed by atoms with E-state index in [1.165, 1.54) is 0 Å². The molecule has 0 aliphatic carbocycles. The van der Waals surface area contributed by atoms with Crippen molar-refractivity contribution in [1.29, 1.82) is 0 Å². The van der Waals surface area contributed by atoms with Crippen molar-refractivity contribution in [2.45, 2.75) is 0 Å². The van der Waals surface area contributed by atoms with Gasteiger partial charge in [-0.3, -0.25) is 4.79 Å². The molecule has 0 spiro atoms. The van der Waals surface area contributed by atoms with E-state index >= 15 is 0 Å². The SMILES string of the molecule is C=COC(=O)C(=O)c1ccccc1. The third-order valence-electron chi connectivity index (χ3n) is 1.41. The Morgan fingerprint density at radius 1 is 1.23 bits per heavy atom. The maximum atomic E-state index is 11.2. The second-order valence-corrected chi connectivity index (χ2v) is 2.27. The minimum Gasteiger partial charge on any atom is -0.429 e. The third kappa shape index (κ3) is 2.27. The van der Waals surface area contributed by atoms with Crippen LogP contribution in [0.15, 0.2) is 43.2 Å². The van der Waals surface area contributed by atoms with Crippen LogP contribution in [0.3, 0.4) is 0 Å². The minimum atomic E-state index is -0.916. The fraction of sp³-hybridized carbons (Fsp3) is 0. The van der Waals surface area contributed by atoms with Crippen LogP contribution in [-0.2, 0) is 9.53 Å². The summed E-state index contributed by atoms with van der Waals surface area (Å²) in [6.45, 7) is 3.18. The molecule has 0 amide bonds. The summed E-state index contributed by atoms with van der Waals surface area (Å²) in [6, 6.07) is 8.21. The molecule has 0 bridgehead atoms. The molecule has 1 aromatic carbocycles.